The van der Waals surface area contributed by atoms with Crippen molar-refractivity contribution in [3.63, 3.8) is 0 Å². The van der Waals surface area contributed by atoms with E-state index in [1.165, 1.54) is 59.0 Å². The van der Waals surface area contributed by atoms with Crippen molar-refractivity contribution >= 4 is 16.8 Å². The molecule has 0 bridgehead atoms. The van der Waals surface area contributed by atoms with Gasteiger partial charge in [0.05, 0.1) is 0 Å². The molecule has 0 unspecified atom stereocenters. The minimum Gasteiger partial charge on any atom is -0.356 e. The van der Waals surface area contributed by atoms with Crippen LogP contribution in [0.25, 0.3) is 10.9 Å². The second kappa shape index (κ2) is 11.3. The fourth-order valence-corrected chi connectivity index (χ4v) is 5.67. The topological polar surface area (TPSA) is 37.3 Å². The van der Waals surface area contributed by atoms with Gasteiger partial charge in [0.1, 0.15) is 0 Å². The Morgan fingerprint density at radius 3 is 2.57 bits per heavy atom. The average Bonchev–Trinajstić information content (AvgIpc) is 3.23. The Bertz CT molecular complexity index is 1170. The Hall–Kier alpha value is -2.85. The van der Waals surface area contributed by atoms with E-state index in [9.17, 15) is 4.79 Å². The smallest absolute Gasteiger partial charge is 0.223 e. The molecule has 184 valence electrons. The Balaban J connectivity index is 1.18. The molecule has 1 fully saturated rings. The Kier molecular flexibility index (Phi) is 7.68. The first-order valence-electron chi connectivity index (χ1n) is 13.5. The summed E-state index contributed by atoms with van der Waals surface area (Å²) in [5.41, 5.74) is 6.81. The van der Waals surface area contributed by atoms with E-state index in [0.717, 1.165) is 52.0 Å². The summed E-state index contributed by atoms with van der Waals surface area (Å²) < 4.78 is 2.47. The van der Waals surface area contributed by atoms with E-state index in [0.29, 0.717) is 0 Å². The minimum absolute atomic E-state index is 0.157. The number of likely N-dealkylation sites (tertiary alicyclic amines) is 1. The van der Waals surface area contributed by atoms with E-state index < -0.39 is 0 Å². The molecule has 4 heteroatoms. The number of fused-ring (bicyclic) bond motifs is 1. The molecule has 2 aliphatic rings. The molecule has 0 atom stereocenters. The van der Waals surface area contributed by atoms with Crippen LogP contribution in [0.5, 0.6) is 0 Å². The summed E-state index contributed by atoms with van der Waals surface area (Å²) in [7, 11) is 0. The van der Waals surface area contributed by atoms with Gasteiger partial charge >= 0.3 is 0 Å². The number of nitrogens with one attached hydrogen (secondary N) is 1. The van der Waals surface area contributed by atoms with Gasteiger partial charge in [0.25, 0.3) is 0 Å². The summed E-state index contributed by atoms with van der Waals surface area (Å²) >= 11 is 0. The molecule has 2 heterocycles. The third kappa shape index (κ3) is 6.05. The zero-order chi connectivity index (χ0) is 24.0. The fourth-order valence-electron chi connectivity index (χ4n) is 5.67. The molecule has 3 aromatic rings. The molecule has 1 N–H and O–H groups in total. The van der Waals surface area contributed by atoms with Crippen molar-refractivity contribution in [3.8, 4) is 0 Å². The summed E-state index contributed by atoms with van der Waals surface area (Å²) in [6.45, 7) is 6.72. The molecule has 0 radical (unpaired) electrons. The van der Waals surface area contributed by atoms with Gasteiger partial charge in [-0.1, -0.05) is 59.7 Å². The number of carbonyl (C=O) groups is 1. The maximum absolute atomic E-state index is 12.8. The third-order valence-electron chi connectivity index (χ3n) is 7.83. The fraction of sp³-hybridized carbons (Fsp3) is 0.452. The molecule has 1 saturated heterocycles. The van der Waals surface area contributed by atoms with Crippen molar-refractivity contribution in [2.24, 2.45) is 5.92 Å². The van der Waals surface area contributed by atoms with Crippen LogP contribution in [0.1, 0.15) is 61.8 Å². The van der Waals surface area contributed by atoms with E-state index in [4.69, 9.17) is 0 Å². The number of amides is 1. The zero-order valence-corrected chi connectivity index (χ0v) is 21.1. The van der Waals surface area contributed by atoms with Crippen molar-refractivity contribution in [2.45, 2.75) is 65.0 Å². The van der Waals surface area contributed by atoms with Gasteiger partial charge in [-0.05, 0) is 88.0 Å². The monoisotopic (exact) mass is 469 g/mol. The Labute approximate surface area is 210 Å². The zero-order valence-electron chi connectivity index (χ0n) is 21.1. The van der Waals surface area contributed by atoms with Crippen molar-refractivity contribution in [1.29, 1.82) is 0 Å². The second-order valence-electron chi connectivity index (χ2n) is 10.5. The molecule has 5 rings (SSSR count). The highest BCUT2D eigenvalue weighted by molar-refractivity contribution is 5.81. The summed E-state index contributed by atoms with van der Waals surface area (Å²) in [5, 5.41) is 4.52. The van der Waals surface area contributed by atoms with Gasteiger partial charge in [0.15, 0.2) is 0 Å². The number of hydrogen-bond acceptors (Lipinski definition) is 2. The number of nitrogens with zero attached hydrogens (tertiary/aromatic N) is 2. The number of aryl methyl sites for hydroxylation is 1. The number of para-hydroxylation sites is 1. The number of benzene rings is 2. The van der Waals surface area contributed by atoms with Gasteiger partial charge in [-0.2, -0.15) is 0 Å². The second-order valence-corrected chi connectivity index (χ2v) is 10.5. The molecular formula is C31H39N3O. The maximum atomic E-state index is 12.8. The van der Waals surface area contributed by atoms with Gasteiger partial charge in [-0.25, -0.2) is 0 Å². The molecule has 4 nitrogen and oxygen atoms in total. The molecule has 1 aromatic heterocycles. The van der Waals surface area contributed by atoms with Crippen molar-refractivity contribution in [3.05, 3.63) is 83.1 Å². The van der Waals surface area contributed by atoms with Gasteiger partial charge in [0, 0.05) is 36.8 Å². The van der Waals surface area contributed by atoms with Gasteiger partial charge in [-0.15, -0.1) is 0 Å². The normalized spacial score (nSPS) is 17.5. The van der Waals surface area contributed by atoms with Crippen LogP contribution in [-0.2, 0) is 17.9 Å². The highest BCUT2D eigenvalue weighted by atomic mass is 16.1. The van der Waals surface area contributed by atoms with Crippen LogP contribution in [0.2, 0.25) is 0 Å². The quantitative estimate of drug-likeness (QED) is 0.398. The number of rotatable bonds is 8. The lowest BCUT2D eigenvalue weighted by Gasteiger charge is -2.31. The van der Waals surface area contributed by atoms with E-state index in [1.54, 1.807) is 0 Å². The lowest BCUT2D eigenvalue weighted by Crippen LogP contribution is -2.40. The van der Waals surface area contributed by atoms with Crippen LogP contribution in [0.3, 0.4) is 0 Å². The van der Waals surface area contributed by atoms with Crippen molar-refractivity contribution in [1.82, 2.24) is 14.8 Å². The molecule has 1 aliphatic carbocycles. The molecule has 0 spiro atoms. The highest BCUT2D eigenvalue weighted by Crippen LogP contribution is 2.25. The number of carbonyl (C=O) groups excluding carboxylic acids is 1. The van der Waals surface area contributed by atoms with E-state index in [2.05, 4.69) is 82.4 Å². The van der Waals surface area contributed by atoms with Crippen LogP contribution in [0.4, 0.5) is 0 Å². The van der Waals surface area contributed by atoms with Crippen LogP contribution >= 0.6 is 0 Å². The van der Waals surface area contributed by atoms with Crippen LogP contribution in [-0.4, -0.2) is 35.0 Å². The largest absolute Gasteiger partial charge is 0.356 e. The molecule has 2 aromatic carbocycles. The van der Waals surface area contributed by atoms with Gasteiger partial charge < -0.3 is 9.88 Å². The third-order valence-corrected chi connectivity index (χ3v) is 7.83. The first-order chi connectivity index (χ1) is 17.2. The number of allylic oxidation sites excluding steroid dienone is 1. The average molecular weight is 470 g/mol. The lowest BCUT2D eigenvalue weighted by molar-refractivity contribution is -0.126. The predicted molar refractivity (Wildman–Crippen MR) is 144 cm³/mol. The first-order valence-corrected chi connectivity index (χ1v) is 13.5. The van der Waals surface area contributed by atoms with Crippen molar-refractivity contribution in [2.75, 3.05) is 19.6 Å². The summed E-state index contributed by atoms with van der Waals surface area (Å²) in [5.74, 6) is 0.416. The van der Waals surface area contributed by atoms with Crippen LogP contribution in [0, 0.1) is 12.8 Å². The predicted octanol–water partition coefficient (Wildman–Crippen LogP) is 6.22. The van der Waals surface area contributed by atoms with Crippen LogP contribution in [0.15, 0.2) is 66.2 Å². The van der Waals surface area contributed by atoms with Crippen molar-refractivity contribution < 1.29 is 4.79 Å². The van der Waals surface area contributed by atoms with Gasteiger partial charge in [-0.3, -0.25) is 9.69 Å². The molecule has 1 amide bonds. The van der Waals surface area contributed by atoms with E-state index in [1.807, 2.05) is 0 Å². The SMILES string of the molecule is Cc1ccc(Cn2c(CN3CCC(C(=O)NCCC4=CCCCC4)CC3)cc3ccccc32)cc1. The lowest BCUT2D eigenvalue weighted by atomic mass is 9.95. The molecule has 0 saturated carbocycles. The number of aromatic nitrogens is 1. The van der Waals surface area contributed by atoms with E-state index >= 15 is 0 Å². The van der Waals surface area contributed by atoms with Gasteiger partial charge in [0.2, 0.25) is 5.91 Å². The summed E-state index contributed by atoms with van der Waals surface area (Å²) in [6.07, 6.45) is 10.4. The standard InChI is InChI=1S/C31H39N3O/c1-24-11-13-26(14-12-24)22-34-29(21-28-9-5-6-10-30(28)34)23-33-19-16-27(17-20-33)31(35)32-18-15-25-7-3-2-4-8-25/h5-7,9-14,21,27H,2-4,8,15-20,22-23H2,1H3,(H,32,35). The first kappa shape index (κ1) is 23.9. The number of piperidine rings is 1. The Morgan fingerprint density at radius 2 is 1.80 bits per heavy atom. The number of hydrogen-bond donors (Lipinski definition) is 1. The Morgan fingerprint density at radius 1 is 1.00 bits per heavy atom. The highest BCUT2D eigenvalue weighted by Gasteiger charge is 2.25. The molecule has 35 heavy (non-hydrogen) atoms. The van der Waals surface area contributed by atoms with Crippen LogP contribution < -0.4 is 5.32 Å². The molecular weight excluding hydrogens is 430 g/mol. The van der Waals surface area contributed by atoms with E-state index in [-0.39, 0.29) is 11.8 Å². The summed E-state index contributed by atoms with van der Waals surface area (Å²) in [6, 6.07) is 19.9. The maximum Gasteiger partial charge on any atom is 0.223 e. The molecule has 1 aliphatic heterocycles. The summed E-state index contributed by atoms with van der Waals surface area (Å²) in [4.78, 5) is 15.3. The minimum atomic E-state index is 0.157.